The van der Waals surface area contributed by atoms with E-state index in [1.165, 1.54) is 18.2 Å². The van der Waals surface area contributed by atoms with Crippen LogP contribution in [-0.4, -0.2) is 10.8 Å². The van der Waals surface area contributed by atoms with Gasteiger partial charge in [0, 0.05) is 37.7 Å². The fourth-order valence-corrected chi connectivity index (χ4v) is 3.20. The van der Waals surface area contributed by atoms with E-state index in [9.17, 15) is 9.18 Å². The molecule has 0 unspecified atom stereocenters. The molecular formula is C15H7BrCl2FNO. The van der Waals surface area contributed by atoms with Gasteiger partial charge in [0.2, 0.25) is 0 Å². The van der Waals surface area contributed by atoms with E-state index in [-0.39, 0.29) is 11.3 Å². The summed E-state index contributed by atoms with van der Waals surface area (Å²) >= 11 is 15.4. The van der Waals surface area contributed by atoms with Crippen LogP contribution in [-0.2, 0) is 0 Å². The maximum atomic E-state index is 13.4. The predicted octanol–water partition coefficient (Wildman–Crippen LogP) is 5.61. The lowest BCUT2D eigenvalue weighted by Crippen LogP contribution is -2.02. The van der Waals surface area contributed by atoms with Crippen molar-refractivity contribution in [2.75, 3.05) is 0 Å². The maximum Gasteiger partial charge on any atom is 0.196 e. The number of benzene rings is 2. The molecule has 0 spiro atoms. The Labute approximate surface area is 138 Å². The average Bonchev–Trinajstić information content (AvgIpc) is 2.84. The summed E-state index contributed by atoms with van der Waals surface area (Å²) in [5.74, 6) is -0.799. The molecule has 0 radical (unpaired) electrons. The van der Waals surface area contributed by atoms with Crippen LogP contribution in [0.3, 0.4) is 0 Å². The summed E-state index contributed by atoms with van der Waals surface area (Å²) in [6, 6.07) is 7.21. The van der Waals surface area contributed by atoms with Crippen LogP contribution in [0.15, 0.2) is 41.0 Å². The fraction of sp³-hybridized carbons (Fsp3) is 0. The van der Waals surface area contributed by atoms with Crippen LogP contribution in [0, 0.1) is 5.82 Å². The number of aromatic nitrogens is 1. The van der Waals surface area contributed by atoms with Gasteiger partial charge in [-0.3, -0.25) is 4.79 Å². The van der Waals surface area contributed by atoms with Gasteiger partial charge in [-0.25, -0.2) is 4.39 Å². The van der Waals surface area contributed by atoms with Crippen molar-refractivity contribution in [3.05, 3.63) is 68.0 Å². The number of rotatable bonds is 2. The molecule has 2 aromatic carbocycles. The van der Waals surface area contributed by atoms with Crippen molar-refractivity contribution in [3.63, 3.8) is 0 Å². The smallest absolute Gasteiger partial charge is 0.196 e. The Morgan fingerprint density at radius 1 is 1.14 bits per heavy atom. The summed E-state index contributed by atoms with van der Waals surface area (Å²) in [6.07, 6.45) is 1.55. The quantitative estimate of drug-likeness (QED) is 0.570. The van der Waals surface area contributed by atoms with E-state index in [1.807, 2.05) is 0 Å². The molecular weight excluding hydrogens is 380 g/mol. The van der Waals surface area contributed by atoms with Gasteiger partial charge in [-0.1, -0.05) is 39.1 Å². The van der Waals surface area contributed by atoms with E-state index in [0.717, 1.165) is 0 Å². The van der Waals surface area contributed by atoms with Crippen molar-refractivity contribution < 1.29 is 9.18 Å². The van der Waals surface area contributed by atoms with Crippen LogP contribution in [0.1, 0.15) is 15.9 Å². The van der Waals surface area contributed by atoms with E-state index in [1.54, 1.807) is 18.3 Å². The molecule has 0 fully saturated rings. The summed E-state index contributed by atoms with van der Waals surface area (Å²) in [4.78, 5) is 15.6. The Hall–Kier alpha value is -1.36. The third-order valence-corrected chi connectivity index (χ3v) is 4.32. The minimum atomic E-state index is -0.476. The van der Waals surface area contributed by atoms with Gasteiger partial charge in [-0.2, -0.15) is 0 Å². The van der Waals surface area contributed by atoms with Crippen molar-refractivity contribution in [1.29, 1.82) is 0 Å². The summed E-state index contributed by atoms with van der Waals surface area (Å²) in [6.45, 7) is 0. The predicted molar refractivity (Wildman–Crippen MR) is 85.9 cm³/mol. The Bertz CT molecular complexity index is 875. The van der Waals surface area contributed by atoms with Crippen molar-refractivity contribution in [2.45, 2.75) is 0 Å². The standard InChI is InChI=1S/C15H7BrCl2FNO/c16-11-2-1-8(19)5-9(11)15(21)10-6-20-13-4-7(17)3-12(18)14(10)13/h1-6,20H. The number of carbonyl (C=O) groups excluding carboxylic acids is 1. The van der Waals surface area contributed by atoms with Crippen molar-refractivity contribution >= 4 is 55.8 Å². The molecule has 1 aromatic heterocycles. The van der Waals surface area contributed by atoms with E-state index in [2.05, 4.69) is 20.9 Å². The zero-order valence-corrected chi connectivity index (χ0v) is 13.5. The molecule has 0 atom stereocenters. The molecule has 3 aromatic rings. The summed E-state index contributed by atoms with van der Waals surface area (Å²) in [5, 5.41) is 1.41. The molecule has 21 heavy (non-hydrogen) atoms. The number of ketones is 1. The summed E-state index contributed by atoms with van der Waals surface area (Å²) in [7, 11) is 0. The third kappa shape index (κ3) is 2.59. The second-order valence-corrected chi connectivity index (χ2v) is 6.16. The Kier molecular flexibility index (Phi) is 3.78. The number of fused-ring (bicyclic) bond motifs is 1. The van der Waals surface area contributed by atoms with Crippen LogP contribution < -0.4 is 0 Å². The third-order valence-electron chi connectivity index (χ3n) is 3.11. The summed E-state index contributed by atoms with van der Waals surface area (Å²) < 4.78 is 13.9. The Balaban J connectivity index is 2.21. The van der Waals surface area contributed by atoms with Gasteiger partial charge < -0.3 is 4.98 Å². The zero-order valence-electron chi connectivity index (χ0n) is 10.4. The molecule has 0 aliphatic rings. The first-order chi connectivity index (χ1) is 9.97. The Morgan fingerprint density at radius 3 is 2.67 bits per heavy atom. The van der Waals surface area contributed by atoms with Gasteiger partial charge in [0.25, 0.3) is 0 Å². The van der Waals surface area contributed by atoms with Crippen LogP contribution in [0.4, 0.5) is 4.39 Å². The molecule has 1 heterocycles. The van der Waals surface area contributed by atoms with Crippen LogP contribution in [0.2, 0.25) is 10.0 Å². The SMILES string of the molecule is O=C(c1cc(F)ccc1Br)c1c[nH]c2cc(Cl)cc(Cl)c12. The lowest BCUT2D eigenvalue weighted by atomic mass is 10.0. The van der Waals surface area contributed by atoms with Crippen LogP contribution >= 0.6 is 39.1 Å². The first-order valence-electron chi connectivity index (χ1n) is 5.93. The molecule has 0 aliphatic carbocycles. The topological polar surface area (TPSA) is 32.9 Å². The fourth-order valence-electron chi connectivity index (χ4n) is 2.18. The lowest BCUT2D eigenvalue weighted by molar-refractivity contribution is 0.103. The molecule has 2 nitrogen and oxygen atoms in total. The number of hydrogen-bond acceptors (Lipinski definition) is 1. The monoisotopic (exact) mass is 385 g/mol. The molecule has 3 rings (SSSR count). The molecule has 0 aliphatic heterocycles. The summed E-state index contributed by atoms with van der Waals surface area (Å²) in [5.41, 5.74) is 1.27. The van der Waals surface area contributed by atoms with Gasteiger partial charge in [0.1, 0.15) is 5.82 Å². The van der Waals surface area contributed by atoms with Crippen LogP contribution in [0.25, 0.3) is 10.9 Å². The highest BCUT2D eigenvalue weighted by Crippen LogP contribution is 2.32. The largest absolute Gasteiger partial charge is 0.360 e. The number of H-pyrrole nitrogens is 1. The van der Waals surface area contributed by atoms with E-state index in [0.29, 0.717) is 31.0 Å². The average molecular weight is 387 g/mol. The van der Waals surface area contributed by atoms with Gasteiger partial charge >= 0.3 is 0 Å². The molecule has 0 saturated carbocycles. The number of halogens is 4. The Morgan fingerprint density at radius 2 is 1.90 bits per heavy atom. The minimum absolute atomic E-state index is 0.238. The van der Waals surface area contributed by atoms with Crippen molar-refractivity contribution in [2.24, 2.45) is 0 Å². The van der Waals surface area contributed by atoms with Crippen LogP contribution in [0.5, 0.6) is 0 Å². The van der Waals surface area contributed by atoms with Gasteiger partial charge in [-0.05, 0) is 30.3 Å². The first-order valence-corrected chi connectivity index (χ1v) is 7.48. The van der Waals surface area contributed by atoms with Gasteiger partial charge in [-0.15, -0.1) is 0 Å². The molecule has 106 valence electrons. The van der Waals surface area contributed by atoms with Crippen molar-refractivity contribution in [3.8, 4) is 0 Å². The highest BCUT2D eigenvalue weighted by molar-refractivity contribution is 9.10. The normalized spacial score (nSPS) is 11.0. The molecule has 6 heteroatoms. The van der Waals surface area contributed by atoms with E-state index in [4.69, 9.17) is 23.2 Å². The highest BCUT2D eigenvalue weighted by Gasteiger charge is 2.19. The van der Waals surface area contributed by atoms with E-state index < -0.39 is 5.82 Å². The number of hydrogen-bond donors (Lipinski definition) is 1. The number of carbonyl (C=O) groups is 1. The first kappa shape index (κ1) is 14.6. The molecule has 0 bridgehead atoms. The molecule has 0 amide bonds. The lowest BCUT2D eigenvalue weighted by Gasteiger charge is -2.04. The van der Waals surface area contributed by atoms with Gasteiger partial charge in [0.15, 0.2) is 5.78 Å². The molecule has 0 saturated heterocycles. The second kappa shape index (κ2) is 5.44. The highest BCUT2D eigenvalue weighted by atomic mass is 79.9. The molecule has 1 N–H and O–H groups in total. The second-order valence-electron chi connectivity index (χ2n) is 4.47. The van der Waals surface area contributed by atoms with Crippen molar-refractivity contribution in [1.82, 2.24) is 4.98 Å². The number of aromatic amines is 1. The minimum Gasteiger partial charge on any atom is -0.360 e. The maximum absolute atomic E-state index is 13.4. The van der Waals surface area contributed by atoms with Gasteiger partial charge in [0.05, 0.1) is 5.02 Å². The number of nitrogens with one attached hydrogen (secondary N) is 1. The zero-order chi connectivity index (χ0) is 15.1. The van der Waals surface area contributed by atoms with E-state index >= 15 is 0 Å².